The van der Waals surface area contributed by atoms with Crippen molar-refractivity contribution in [1.29, 1.82) is 0 Å². The molecule has 4 aromatic rings. The predicted octanol–water partition coefficient (Wildman–Crippen LogP) is 5.06. The van der Waals surface area contributed by atoms with Gasteiger partial charge < -0.3 is 5.32 Å². The maximum atomic E-state index is 4.38. The first kappa shape index (κ1) is 15.1. The molecule has 126 valence electrons. The predicted molar refractivity (Wildman–Crippen MR) is 106 cm³/mol. The van der Waals surface area contributed by atoms with Gasteiger partial charge in [-0.3, -0.25) is 0 Å². The molecule has 0 fully saturated rings. The number of allylic oxidation sites excluding steroid dienone is 1. The molecule has 2 aromatic heterocycles. The van der Waals surface area contributed by atoms with Crippen molar-refractivity contribution in [2.75, 3.05) is 5.32 Å². The maximum absolute atomic E-state index is 4.38. The molecule has 4 nitrogen and oxygen atoms in total. The summed E-state index contributed by atoms with van der Waals surface area (Å²) in [6, 6.07) is 23.3. The van der Waals surface area contributed by atoms with Crippen molar-refractivity contribution in [3.63, 3.8) is 0 Å². The van der Waals surface area contributed by atoms with Gasteiger partial charge in [-0.25, -0.2) is 4.68 Å². The second-order valence-corrected chi connectivity index (χ2v) is 7.12. The van der Waals surface area contributed by atoms with E-state index in [-0.39, 0.29) is 6.04 Å². The molecule has 1 aliphatic heterocycles. The molecule has 0 radical (unpaired) electrons. The summed E-state index contributed by atoms with van der Waals surface area (Å²) in [5.41, 5.74) is 4.63. The number of fused-ring (bicyclic) bond motifs is 1. The summed E-state index contributed by atoms with van der Waals surface area (Å²) in [5.74, 6) is 0.771. The van der Waals surface area contributed by atoms with Gasteiger partial charge in [0.1, 0.15) is 12.4 Å². The summed E-state index contributed by atoms with van der Waals surface area (Å²) >= 11 is 1.73. The quantitative estimate of drug-likeness (QED) is 0.558. The van der Waals surface area contributed by atoms with Gasteiger partial charge in [-0.1, -0.05) is 60.7 Å². The topological polar surface area (TPSA) is 42.7 Å². The van der Waals surface area contributed by atoms with Gasteiger partial charge in [0, 0.05) is 10.6 Å². The molecule has 5 rings (SSSR count). The van der Waals surface area contributed by atoms with Gasteiger partial charge in [-0.05, 0) is 34.2 Å². The molecule has 2 aromatic carbocycles. The van der Waals surface area contributed by atoms with Crippen LogP contribution in [0.2, 0.25) is 0 Å². The zero-order valence-electron chi connectivity index (χ0n) is 13.9. The summed E-state index contributed by atoms with van der Waals surface area (Å²) in [6.45, 7) is 0. The highest BCUT2D eigenvalue weighted by atomic mass is 32.1. The Labute approximate surface area is 155 Å². The fourth-order valence-corrected chi connectivity index (χ4v) is 4.02. The van der Waals surface area contributed by atoms with Crippen molar-refractivity contribution >= 4 is 23.0 Å². The van der Waals surface area contributed by atoms with Crippen molar-refractivity contribution in [2.24, 2.45) is 0 Å². The van der Waals surface area contributed by atoms with Gasteiger partial charge in [0.05, 0.1) is 0 Å². The Morgan fingerprint density at radius 1 is 0.846 bits per heavy atom. The summed E-state index contributed by atoms with van der Waals surface area (Å²) in [7, 11) is 0. The Balaban J connectivity index is 1.52. The van der Waals surface area contributed by atoms with Crippen LogP contribution in [-0.2, 0) is 0 Å². The molecule has 1 unspecified atom stereocenters. The number of thiophene rings is 1. The van der Waals surface area contributed by atoms with Gasteiger partial charge in [-0.2, -0.15) is 10.1 Å². The van der Waals surface area contributed by atoms with Crippen LogP contribution in [-0.4, -0.2) is 14.8 Å². The molecule has 0 aliphatic carbocycles. The minimum absolute atomic E-state index is 0.0672. The Bertz CT molecular complexity index is 1050. The fraction of sp³-hybridized carbons (Fsp3) is 0.0476. The second kappa shape index (κ2) is 6.28. The zero-order valence-corrected chi connectivity index (χ0v) is 14.7. The molecule has 0 saturated carbocycles. The Hall–Kier alpha value is -3.18. The second-order valence-electron chi connectivity index (χ2n) is 6.14. The highest BCUT2D eigenvalue weighted by molar-refractivity contribution is 7.10. The summed E-state index contributed by atoms with van der Waals surface area (Å²) in [4.78, 5) is 5.61. The molecule has 1 atom stereocenters. The number of hydrogen-bond donors (Lipinski definition) is 1. The number of aromatic nitrogens is 3. The number of benzene rings is 2. The summed E-state index contributed by atoms with van der Waals surface area (Å²) in [5, 5.41) is 9.87. The molecule has 0 amide bonds. The average Bonchev–Trinajstić information content (AvgIpc) is 3.40. The fourth-order valence-electron chi connectivity index (χ4n) is 3.24. The number of hydrogen-bond acceptors (Lipinski definition) is 4. The normalized spacial score (nSPS) is 15.8. The van der Waals surface area contributed by atoms with Crippen molar-refractivity contribution in [2.45, 2.75) is 6.04 Å². The molecular formula is C21H16N4S. The van der Waals surface area contributed by atoms with Gasteiger partial charge in [0.25, 0.3) is 0 Å². The monoisotopic (exact) mass is 356 g/mol. The van der Waals surface area contributed by atoms with Crippen LogP contribution in [0.1, 0.15) is 16.5 Å². The van der Waals surface area contributed by atoms with E-state index >= 15 is 0 Å². The van der Waals surface area contributed by atoms with Gasteiger partial charge in [-0.15, -0.1) is 11.3 Å². The van der Waals surface area contributed by atoms with Gasteiger partial charge in [0.15, 0.2) is 0 Å². The third kappa shape index (κ3) is 2.62. The lowest BCUT2D eigenvalue weighted by atomic mass is 10.0. The Morgan fingerprint density at radius 2 is 1.62 bits per heavy atom. The smallest absolute Gasteiger partial charge is 0.226 e. The first-order valence-electron chi connectivity index (χ1n) is 8.46. The maximum Gasteiger partial charge on any atom is 0.226 e. The van der Waals surface area contributed by atoms with Crippen LogP contribution in [0, 0.1) is 0 Å². The molecule has 1 aliphatic rings. The van der Waals surface area contributed by atoms with Crippen molar-refractivity contribution in [3.8, 4) is 11.1 Å². The van der Waals surface area contributed by atoms with Crippen LogP contribution < -0.4 is 5.32 Å². The number of nitrogens with zero attached hydrogens (tertiary/aromatic N) is 3. The van der Waals surface area contributed by atoms with Crippen molar-refractivity contribution in [1.82, 2.24) is 14.8 Å². The zero-order chi connectivity index (χ0) is 17.3. The third-order valence-corrected chi connectivity index (χ3v) is 5.49. The first-order chi connectivity index (χ1) is 12.9. The van der Waals surface area contributed by atoms with Crippen LogP contribution in [0.3, 0.4) is 0 Å². The lowest BCUT2D eigenvalue weighted by Gasteiger charge is -2.23. The standard InChI is InChI=1S/C21H16N4S/c1-2-5-15(6-3-1)16-8-10-17(11-9-16)18-13-19(20-7-4-12-26-20)25-21(24-18)22-14-23-25/h1-14,19H,(H,22,23,24). The lowest BCUT2D eigenvalue weighted by Crippen LogP contribution is -2.19. The molecule has 5 heteroatoms. The third-order valence-electron chi connectivity index (χ3n) is 4.55. The number of anilines is 1. The lowest BCUT2D eigenvalue weighted by molar-refractivity contribution is 0.620. The molecule has 0 bridgehead atoms. The molecule has 0 saturated heterocycles. The molecular weight excluding hydrogens is 340 g/mol. The first-order valence-corrected chi connectivity index (χ1v) is 9.34. The van der Waals surface area contributed by atoms with E-state index < -0.39 is 0 Å². The van der Waals surface area contributed by atoms with Gasteiger partial charge >= 0.3 is 0 Å². The molecule has 1 N–H and O–H groups in total. The van der Waals surface area contributed by atoms with E-state index in [2.05, 4.69) is 87.5 Å². The highest BCUT2D eigenvalue weighted by Crippen LogP contribution is 2.34. The van der Waals surface area contributed by atoms with Gasteiger partial charge in [0.2, 0.25) is 5.95 Å². The van der Waals surface area contributed by atoms with E-state index in [1.54, 1.807) is 17.7 Å². The molecule has 26 heavy (non-hydrogen) atoms. The number of rotatable bonds is 3. The van der Waals surface area contributed by atoms with Crippen molar-refractivity contribution < 1.29 is 0 Å². The Kier molecular flexibility index (Phi) is 3.65. The average molecular weight is 356 g/mol. The van der Waals surface area contributed by atoms with E-state index in [1.807, 2.05) is 10.7 Å². The Morgan fingerprint density at radius 3 is 2.38 bits per heavy atom. The van der Waals surface area contributed by atoms with E-state index in [1.165, 1.54) is 16.0 Å². The highest BCUT2D eigenvalue weighted by Gasteiger charge is 2.23. The minimum Gasteiger partial charge on any atom is -0.324 e. The van der Waals surface area contributed by atoms with Crippen LogP contribution in [0.5, 0.6) is 0 Å². The van der Waals surface area contributed by atoms with Crippen LogP contribution in [0.15, 0.2) is 84.5 Å². The largest absolute Gasteiger partial charge is 0.324 e. The molecule has 3 heterocycles. The van der Waals surface area contributed by atoms with Crippen LogP contribution >= 0.6 is 11.3 Å². The van der Waals surface area contributed by atoms with Crippen molar-refractivity contribution in [3.05, 3.63) is 95.0 Å². The van der Waals surface area contributed by atoms with Crippen LogP contribution in [0.25, 0.3) is 16.8 Å². The SMILES string of the molecule is C1=C(c2ccc(-c3ccccc3)cc2)Nc2ncnn2C1c1cccs1. The van der Waals surface area contributed by atoms with Crippen LogP contribution in [0.4, 0.5) is 5.95 Å². The number of nitrogens with one attached hydrogen (secondary N) is 1. The summed E-state index contributed by atoms with van der Waals surface area (Å²) < 4.78 is 1.92. The molecule has 0 spiro atoms. The van der Waals surface area contributed by atoms with E-state index in [4.69, 9.17) is 0 Å². The van der Waals surface area contributed by atoms with E-state index in [0.717, 1.165) is 17.2 Å². The van der Waals surface area contributed by atoms with E-state index in [9.17, 15) is 0 Å². The summed E-state index contributed by atoms with van der Waals surface area (Å²) in [6.07, 6.45) is 3.81. The van der Waals surface area contributed by atoms with E-state index in [0.29, 0.717) is 0 Å². The minimum atomic E-state index is 0.0672.